The number of hydrogen-bond acceptors (Lipinski definition) is 1. The Morgan fingerprint density at radius 3 is 2.44 bits per heavy atom. The van der Waals surface area contributed by atoms with E-state index >= 15 is 0 Å². The summed E-state index contributed by atoms with van der Waals surface area (Å²) < 4.78 is 0. The normalized spacial score (nSPS) is 11.6. The molecule has 0 amide bonds. The van der Waals surface area contributed by atoms with E-state index in [1.54, 1.807) is 0 Å². The number of carbonyl (C=O) groups is 1. The van der Waals surface area contributed by atoms with Crippen LogP contribution in [0.2, 0.25) is 0 Å². The Bertz CT molecular complexity index is 512. The van der Waals surface area contributed by atoms with Crippen molar-refractivity contribution in [3.8, 4) is 0 Å². The second-order valence-electron chi connectivity index (χ2n) is 4.96. The van der Waals surface area contributed by atoms with E-state index in [0.717, 1.165) is 12.7 Å². The molecule has 0 spiro atoms. The van der Waals surface area contributed by atoms with Crippen molar-refractivity contribution in [1.82, 2.24) is 0 Å². The fraction of sp³-hybridized carbons (Fsp3) is 0.267. The van der Waals surface area contributed by atoms with Gasteiger partial charge in [-0.1, -0.05) is 56.3 Å². The molecule has 0 saturated heterocycles. The van der Waals surface area contributed by atoms with Crippen LogP contribution in [0.25, 0.3) is 10.8 Å². The van der Waals surface area contributed by atoms with Crippen molar-refractivity contribution in [1.29, 1.82) is 0 Å². The Hall–Kier alpha value is -1.63. The highest BCUT2D eigenvalue weighted by molar-refractivity contribution is 5.83. The first-order chi connectivity index (χ1) is 7.61. The smallest absolute Gasteiger partial charge is 0.125 e. The van der Waals surface area contributed by atoms with Gasteiger partial charge in [0.1, 0.15) is 6.29 Å². The molecule has 2 aromatic rings. The van der Waals surface area contributed by atoms with Crippen LogP contribution >= 0.6 is 0 Å². The molecular formula is C15H16O. The van der Waals surface area contributed by atoms with Gasteiger partial charge >= 0.3 is 0 Å². The predicted molar refractivity (Wildman–Crippen MR) is 67.5 cm³/mol. The van der Waals surface area contributed by atoms with Crippen LogP contribution in [0.1, 0.15) is 19.4 Å². The van der Waals surface area contributed by atoms with Gasteiger partial charge in [0.25, 0.3) is 0 Å². The Morgan fingerprint density at radius 2 is 1.75 bits per heavy atom. The largest absolute Gasteiger partial charge is 0.303 e. The highest BCUT2D eigenvalue weighted by atomic mass is 16.1. The lowest BCUT2D eigenvalue weighted by atomic mass is 9.87. The number of benzene rings is 2. The van der Waals surface area contributed by atoms with Gasteiger partial charge in [-0.25, -0.2) is 0 Å². The zero-order chi connectivity index (χ0) is 11.6. The fourth-order valence-corrected chi connectivity index (χ4v) is 1.92. The lowest BCUT2D eigenvalue weighted by molar-refractivity contribution is -0.114. The van der Waals surface area contributed by atoms with E-state index in [1.165, 1.54) is 16.3 Å². The maximum Gasteiger partial charge on any atom is 0.125 e. The minimum atomic E-state index is -0.275. The van der Waals surface area contributed by atoms with Crippen molar-refractivity contribution in [2.24, 2.45) is 5.41 Å². The molecular weight excluding hydrogens is 196 g/mol. The van der Waals surface area contributed by atoms with Crippen LogP contribution in [-0.2, 0) is 11.2 Å². The molecule has 0 fully saturated rings. The number of fused-ring (bicyclic) bond motifs is 1. The second-order valence-corrected chi connectivity index (χ2v) is 4.96. The Kier molecular flexibility index (Phi) is 2.78. The third-order valence-corrected chi connectivity index (χ3v) is 2.79. The molecule has 0 aromatic heterocycles. The Labute approximate surface area is 96.1 Å². The van der Waals surface area contributed by atoms with Gasteiger partial charge in [-0.2, -0.15) is 0 Å². The van der Waals surface area contributed by atoms with E-state index in [2.05, 4.69) is 30.3 Å². The molecule has 0 aliphatic heterocycles. The molecule has 0 bridgehead atoms. The Balaban J connectivity index is 2.36. The molecule has 0 atom stereocenters. The summed E-state index contributed by atoms with van der Waals surface area (Å²) in [6, 6.07) is 14.7. The van der Waals surface area contributed by atoms with Crippen LogP contribution in [0.3, 0.4) is 0 Å². The van der Waals surface area contributed by atoms with E-state index < -0.39 is 0 Å². The molecule has 2 aromatic carbocycles. The van der Waals surface area contributed by atoms with Gasteiger partial charge in [-0.15, -0.1) is 0 Å². The molecule has 1 nitrogen and oxygen atoms in total. The summed E-state index contributed by atoms with van der Waals surface area (Å²) >= 11 is 0. The van der Waals surface area contributed by atoms with Crippen molar-refractivity contribution in [2.75, 3.05) is 0 Å². The van der Waals surface area contributed by atoms with Crippen LogP contribution in [0.4, 0.5) is 0 Å². The summed E-state index contributed by atoms with van der Waals surface area (Å²) in [6.45, 7) is 3.93. The maximum absolute atomic E-state index is 10.9. The van der Waals surface area contributed by atoms with E-state index in [0.29, 0.717) is 0 Å². The van der Waals surface area contributed by atoms with Crippen molar-refractivity contribution in [3.63, 3.8) is 0 Å². The zero-order valence-corrected chi connectivity index (χ0v) is 9.73. The summed E-state index contributed by atoms with van der Waals surface area (Å²) in [5.74, 6) is 0. The molecule has 0 aliphatic carbocycles. The molecule has 1 heteroatoms. The number of carbonyl (C=O) groups excluding carboxylic acids is 1. The minimum Gasteiger partial charge on any atom is -0.303 e. The average Bonchev–Trinajstić information content (AvgIpc) is 2.28. The highest BCUT2D eigenvalue weighted by Gasteiger charge is 2.16. The molecule has 0 unspecified atom stereocenters. The number of rotatable bonds is 3. The predicted octanol–water partition coefficient (Wildman–Crippen LogP) is 3.61. The van der Waals surface area contributed by atoms with Gasteiger partial charge in [0, 0.05) is 5.41 Å². The maximum atomic E-state index is 10.9. The molecule has 0 heterocycles. The van der Waals surface area contributed by atoms with Gasteiger partial charge in [-0.05, 0) is 22.8 Å². The first-order valence-corrected chi connectivity index (χ1v) is 5.55. The van der Waals surface area contributed by atoms with E-state index in [1.807, 2.05) is 26.0 Å². The fourth-order valence-electron chi connectivity index (χ4n) is 1.92. The zero-order valence-electron chi connectivity index (χ0n) is 9.73. The quantitative estimate of drug-likeness (QED) is 0.710. The van der Waals surface area contributed by atoms with Gasteiger partial charge < -0.3 is 4.79 Å². The summed E-state index contributed by atoms with van der Waals surface area (Å²) in [4.78, 5) is 10.9. The first-order valence-electron chi connectivity index (χ1n) is 5.55. The topological polar surface area (TPSA) is 17.1 Å². The summed E-state index contributed by atoms with van der Waals surface area (Å²) in [7, 11) is 0. The summed E-state index contributed by atoms with van der Waals surface area (Å²) in [6.07, 6.45) is 1.82. The van der Waals surface area contributed by atoms with Crippen molar-refractivity contribution >= 4 is 17.1 Å². The molecule has 0 radical (unpaired) electrons. The SMILES string of the molecule is CC(C)(C=O)Cc1ccc2ccccc2c1. The van der Waals surface area contributed by atoms with Gasteiger partial charge in [0.15, 0.2) is 0 Å². The highest BCUT2D eigenvalue weighted by Crippen LogP contribution is 2.22. The minimum absolute atomic E-state index is 0.275. The average molecular weight is 212 g/mol. The number of aldehydes is 1. The molecule has 0 saturated carbocycles. The first kappa shape index (κ1) is 10.9. The molecule has 0 aliphatic rings. The number of hydrogen-bond donors (Lipinski definition) is 0. The van der Waals surface area contributed by atoms with Gasteiger partial charge in [0.05, 0.1) is 0 Å². The molecule has 0 N–H and O–H groups in total. The monoisotopic (exact) mass is 212 g/mol. The Morgan fingerprint density at radius 1 is 1.06 bits per heavy atom. The van der Waals surface area contributed by atoms with E-state index in [9.17, 15) is 4.79 Å². The standard InChI is InChI=1S/C15H16O/c1-15(2,11-16)10-12-7-8-13-5-3-4-6-14(13)9-12/h3-9,11H,10H2,1-2H3. The van der Waals surface area contributed by atoms with Crippen LogP contribution < -0.4 is 0 Å². The molecule has 16 heavy (non-hydrogen) atoms. The third kappa shape index (κ3) is 2.30. The lowest BCUT2D eigenvalue weighted by Gasteiger charge is -2.16. The molecule has 2 rings (SSSR count). The van der Waals surface area contributed by atoms with Crippen LogP contribution in [0.15, 0.2) is 42.5 Å². The van der Waals surface area contributed by atoms with Crippen LogP contribution in [0, 0.1) is 5.41 Å². The van der Waals surface area contributed by atoms with Crippen molar-refractivity contribution in [3.05, 3.63) is 48.0 Å². The van der Waals surface area contributed by atoms with Crippen molar-refractivity contribution < 1.29 is 4.79 Å². The van der Waals surface area contributed by atoms with Crippen LogP contribution in [-0.4, -0.2) is 6.29 Å². The van der Waals surface area contributed by atoms with E-state index in [4.69, 9.17) is 0 Å². The summed E-state index contributed by atoms with van der Waals surface area (Å²) in [5.41, 5.74) is 0.943. The molecule has 82 valence electrons. The van der Waals surface area contributed by atoms with Crippen molar-refractivity contribution in [2.45, 2.75) is 20.3 Å². The van der Waals surface area contributed by atoms with E-state index in [-0.39, 0.29) is 5.41 Å². The van der Waals surface area contributed by atoms with Gasteiger partial charge in [-0.3, -0.25) is 0 Å². The second kappa shape index (κ2) is 4.09. The van der Waals surface area contributed by atoms with Gasteiger partial charge in [0.2, 0.25) is 0 Å². The summed E-state index contributed by atoms with van der Waals surface area (Å²) in [5, 5.41) is 2.48. The lowest BCUT2D eigenvalue weighted by Crippen LogP contribution is -2.16. The third-order valence-electron chi connectivity index (χ3n) is 2.79. The van der Waals surface area contributed by atoms with Crippen LogP contribution in [0.5, 0.6) is 0 Å².